The van der Waals surface area contributed by atoms with E-state index in [1.807, 2.05) is 24.3 Å². The number of para-hydroxylation sites is 1. The van der Waals surface area contributed by atoms with Crippen molar-refractivity contribution in [3.05, 3.63) is 29.8 Å². The highest BCUT2D eigenvalue weighted by Crippen LogP contribution is 2.17. The van der Waals surface area contributed by atoms with Crippen LogP contribution in [-0.4, -0.2) is 44.6 Å². The highest BCUT2D eigenvalue weighted by molar-refractivity contribution is 5.76. The van der Waals surface area contributed by atoms with Crippen LogP contribution < -0.4 is 10.1 Å². The Balaban J connectivity index is 2.21. The van der Waals surface area contributed by atoms with Crippen LogP contribution in [0, 0.1) is 0 Å². The number of carbonyl (C=O) groups excluding carboxylic acids is 1. The first-order chi connectivity index (χ1) is 10.2. The number of ether oxygens (including phenoxy) is 1. The van der Waals surface area contributed by atoms with Crippen molar-refractivity contribution in [1.82, 2.24) is 10.2 Å². The van der Waals surface area contributed by atoms with Gasteiger partial charge in [-0.3, -0.25) is 4.79 Å². The summed E-state index contributed by atoms with van der Waals surface area (Å²) in [5, 5.41) is 2.97. The van der Waals surface area contributed by atoms with Gasteiger partial charge in [-0.2, -0.15) is 0 Å². The maximum Gasteiger partial charge on any atom is 0.221 e. The van der Waals surface area contributed by atoms with Gasteiger partial charge in [0.2, 0.25) is 5.91 Å². The number of unbranched alkanes of at least 4 members (excludes halogenated alkanes) is 1. The highest BCUT2D eigenvalue weighted by Gasteiger charge is 2.05. The topological polar surface area (TPSA) is 41.6 Å². The first-order valence-electron chi connectivity index (χ1n) is 7.74. The number of hydrogen-bond acceptors (Lipinski definition) is 3. The molecule has 0 aliphatic rings. The molecule has 4 nitrogen and oxygen atoms in total. The van der Waals surface area contributed by atoms with E-state index in [0.29, 0.717) is 13.0 Å². The lowest BCUT2D eigenvalue weighted by Crippen LogP contribution is -2.30. The normalized spacial score (nSPS) is 10.7. The van der Waals surface area contributed by atoms with Crippen LogP contribution in [0.3, 0.4) is 0 Å². The number of hydrogen-bond donors (Lipinski definition) is 1. The van der Waals surface area contributed by atoms with Gasteiger partial charge in [-0.05, 0) is 38.1 Å². The van der Waals surface area contributed by atoms with Gasteiger partial charge in [0.1, 0.15) is 5.75 Å². The first kappa shape index (κ1) is 17.5. The molecule has 1 amide bonds. The Bertz CT molecular complexity index is 421. The van der Waals surface area contributed by atoms with Gasteiger partial charge in [0.25, 0.3) is 0 Å². The monoisotopic (exact) mass is 292 g/mol. The maximum atomic E-state index is 11.8. The van der Waals surface area contributed by atoms with Crippen molar-refractivity contribution < 1.29 is 9.53 Å². The Morgan fingerprint density at radius 2 is 2.05 bits per heavy atom. The van der Waals surface area contributed by atoms with E-state index in [-0.39, 0.29) is 5.91 Å². The van der Waals surface area contributed by atoms with Crippen molar-refractivity contribution in [2.45, 2.75) is 32.6 Å². The predicted octanol–water partition coefficient (Wildman–Crippen LogP) is 2.48. The molecule has 21 heavy (non-hydrogen) atoms. The number of nitrogens with one attached hydrogen (secondary N) is 1. The van der Waals surface area contributed by atoms with E-state index >= 15 is 0 Å². The number of nitrogens with zero attached hydrogens (tertiary/aromatic N) is 1. The summed E-state index contributed by atoms with van der Waals surface area (Å²) in [7, 11) is 3.74. The smallest absolute Gasteiger partial charge is 0.221 e. The molecule has 1 aromatic carbocycles. The third-order valence-electron chi connectivity index (χ3n) is 3.52. The number of carbonyl (C=O) groups is 1. The molecule has 0 spiro atoms. The third-order valence-corrected chi connectivity index (χ3v) is 3.52. The molecule has 118 valence electrons. The summed E-state index contributed by atoms with van der Waals surface area (Å²) < 4.78 is 5.30. The van der Waals surface area contributed by atoms with Gasteiger partial charge < -0.3 is 15.0 Å². The van der Waals surface area contributed by atoms with Crippen LogP contribution >= 0.6 is 0 Å². The molecule has 0 radical (unpaired) electrons. The van der Waals surface area contributed by atoms with Crippen LogP contribution in [0.15, 0.2) is 24.3 Å². The van der Waals surface area contributed by atoms with E-state index in [9.17, 15) is 4.79 Å². The molecule has 0 saturated carbocycles. The lowest BCUT2D eigenvalue weighted by molar-refractivity contribution is -0.121. The van der Waals surface area contributed by atoms with Crippen molar-refractivity contribution in [2.24, 2.45) is 0 Å². The average molecular weight is 292 g/mol. The molecule has 0 aliphatic heterocycles. The number of benzene rings is 1. The summed E-state index contributed by atoms with van der Waals surface area (Å²) in [6.07, 6.45) is 3.73. The van der Waals surface area contributed by atoms with Crippen LogP contribution in [0.25, 0.3) is 0 Å². The van der Waals surface area contributed by atoms with E-state index < -0.39 is 0 Å². The van der Waals surface area contributed by atoms with Crippen molar-refractivity contribution in [3.8, 4) is 5.75 Å². The van der Waals surface area contributed by atoms with Gasteiger partial charge >= 0.3 is 0 Å². The zero-order chi connectivity index (χ0) is 15.5. The highest BCUT2D eigenvalue weighted by atomic mass is 16.5. The summed E-state index contributed by atoms with van der Waals surface area (Å²) in [5.41, 5.74) is 1.13. The molecule has 0 aliphatic carbocycles. The quantitative estimate of drug-likeness (QED) is 0.720. The molecular formula is C17H28N2O2. The van der Waals surface area contributed by atoms with E-state index in [0.717, 1.165) is 30.8 Å². The van der Waals surface area contributed by atoms with Gasteiger partial charge in [0.15, 0.2) is 0 Å². The van der Waals surface area contributed by atoms with E-state index in [2.05, 4.69) is 24.2 Å². The van der Waals surface area contributed by atoms with Crippen molar-refractivity contribution in [2.75, 3.05) is 33.8 Å². The summed E-state index contributed by atoms with van der Waals surface area (Å²) in [6.45, 7) is 4.71. The summed E-state index contributed by atoms with van der Waals surface area (Å²) in [4.78, 5) is 14.0. The fourth-order valence-corrected chi connectivity index (χ4v) is 2.17. The fourth-order valence-electron chi connectivity index (χ4n) is 2.17. The summed E-state index contributed by atoms with van der Waals surface area (Å²) >= 11 is 0. The van der Waals surface area contributed by atoms with Gasteiger partial charge in [-0.25, -0.2) is 0 Å². The van der Waals surface area contributed by atoms with Gasteiger partial charge in [-0.1, -0.05) is 31.5 Å². The largest absolute Gasteiger partial charge is 0.496 e. The second-order valence-electron chi connectivity index (χ2n) is 5.32. The van der Waals surface area contributed by atoms with Crippen LogP contribution in [-0.2, 0) is 11.2 Å². The van der Waals surface area contributed by atoms with Crippen LogP contribution in [0.4, 0.5) is 0 Å². The molecule has 1 N–H and O–H groups in total. The number of rotatable bonds is 10. The lowest BCUT2D eigenvalue weighted by atomic mass is 10.1. The van der Waals surface area contributed by atoms with Gasteiger partial charge in [0, 0.05) is 19.5 Å². The lowest BCUT2D eigenvalue weighted by Gasteiger charge is -2.15. The van der Waals surface area contributed by atoms with Gasteiger partial charge in [0.05, 0.1) is 7.11 Å². The molecule has 1 rings (SSSR count). The second kappa shape index (κ2) is 10.2. The second-order valence-corrected chi connectivity index (χ2v) is 5.32. The van der Waals surface area contributed by atoms with Crippen molar-refractivity contribution >= 4 is 5.91 Å². The fraction of sp³-hybridized carbons (Fsp3) is 0.588. The van der Waals surface area contributed by atoms with Crippen LogP contribution in [0.2, 0.25) is 0 Å². The zero-order valence-electron chi connectivity index (χ0n) is 13.5. The Labute approximate surface area is 128 Å². The summed E-state index contributed by atoms with van der Waals surface area (Å²) in [6, 6.07) is 7.92. The predicted molar refractivity (Wildman–Crippen MR) is 86.7 cm³/mol. The van der Waals surface area contributed by atoms with Crippen LogP contribution in [0.5, 0.6) is 5.75 Å². The molecule has 0 bridgehead atoms. The summed E-state index contributed by atoms with van der Waals surface area (Å²) in [5.74, 6) is 0.999. The molecule has 0 fully saturated rings. The Morgan fingerprint density at radius 3 is 2.76 bits per heavy atom. The number of methoxy groups -OCH3 is 1. The number of amides is 1. The Kier molecular flexibility index (Phi) is 8.51. The van der Waals surface area contributed by atoms with Crippen molar-refractivity contribution in [3.63, 3.8) is 0 Å². The first-order valence-corrected chi connectivity index (χ1v) is 7.74. The Morgan fingerprint density at radius 1 is 1.29 bits per heavy atom. The minimum atomic E-state index is 0.119. The average Bonchev–Trinajstić information content (AvgIpc) is 2.51. The molecule has 1 aromatic rings. The van der Waals surface area contributed by atoms with E-state index in [1.165, 1.54) is 12.8 Å². The minimum Gasteiger partial charge on any atom is -0.496 e. The standard InChI is InChI=1S/C17H28N2O2/c1-4-5-13-19(2)14-11-17(20)18-12-10-15-8-6-7-9-16(15)21-3/h6-9H,4-5,10-14H2,1-3H3,(H,18,20). The van der Waals surface area contributed by atoms with E-state index in [4.69, 9.17) is 4.74 Å². The molecule has 0 unspecified atom stereocenters. The molecule has 0 atom stereocenters. The molecule has 0 aromatic heterocycles. The third kappa shape index (κ3) is 7.14. The van der Waals surface area contributed by atoms with Crippen LogP contribution in [0.1, 0.15) is 31.7 Å². The molecule has 4 heteroatoms. The molecule has 0 heterocycles. The van der Waals surface area contributed by atoms with Gasteiger partial charge in [-0.15, -0.1) is 0 Å². The SMILES string of the molecule is CCCCN(C)CCC(=O)NCCc1ccccc1OC. The molecular weight excluding hydrogens is 264 g/mol. The molecule has 0 saturated heterocycles. The maximum absolute atomic E-state index is 11.8. The minimum absolute atomic E-state index is 0.119. The van der Waals surface area contributed by atoms with E-state index in [1.54, 1.807) is 7.11 Å². The van der Waals surface area contributed by atoms with Crippen molar-refractivity contribution in [1.29, 1.82) is 0 Å². The zero-order valence-corrected chi connectivity index (χ0v) is 13.5. The Hall–Kier alpha value is -1.55.